The normalized spacial score (nSPS) is 10.4. The standard InChI is InChI=1S/C18H17N3O3/c1-23-15-10-6-5-9-14(15)18-20-17(24-21-18)12-19-16(22)11-13-7-3-2-4-8-13/h2-10H,11-12H2,1H3,(H,19,22). The maximum absolute atomic E-state index is 11.9. The highest BCUT2D eigenvalue weighted by atomic mass is 16.5. The summed E-state index contributed by atoms with van der Waals surface area (Å²) in [6, 6.07) is 17.0. The van der Waals surface area contributed by atoms with Gasteiger partial charge in [-0.3, -0.25) is 4.79 Å². The van der Waals surface area contributed by atoms with Crippen molar-refractivity contribution in [1.82, 2.24) is 15.5 Å². The van der Waals surface area contributed by atoms with Gasteiger partial charge in [-0.05, 0) is 17.7 Å². The predicted molar refractivity (Wildman–Crippen MR) is 88.3 cm³/mol. The van der Waals surface area contributed by atoms with Crippen molar-refractivity contribution in [2.45, 2.75) is 13.0 Å². The van der Waals surface area contributed by atoms with Crippen molar-refractivity contribution in [2.75, 3.05) is 7.11 Å². The van der Waals surface area contributed by atoms with Gasteiger partial charge in [-0.1, -0.05) is 47.6 Å². The van der Waals surface area contributed by atoms with E-state index in [4.69, 9.17) is 9.26 Å². The first kappa shape index (κ1) is 15.7. The van der Waals surface area contributed by atoms with E-state index < -0.39 is 0 Å². The number of ether oxygens (including phenoxy) is 1. The lowest BCUT2D eigenvalue weighted by molar-refractivity contribution is -0.120. The third kappa shape index (κ3) is 3.78. The van der Waals surface area contributed by atoms with Crippen molar-refractivity contribution in [1.29, 1.82) is 0 Å². The summed E-state index contributed by atoms with van der Waals surface area (Å²) in [5.41, 5.74) is 1.70. The summed E-state index contributed by atoms with van der Waals surface area (Å²) in [5.74, 6) is 1.34. The lowest BCUT2D eigenvalue weighted by Crippen LogP contribution is -2.24. The number of methoxy groups -OCH3 is 1. The lowest BCUT2D eigenvalue weighted by atomic mass is 10.1. The van der Waals surface area contributed by atoms with Gasteiger partial charge in [-0.15, -0.1) is 0 Å². The number of hydrogen-bond donors (Lipinski definition) is 1. The highest BCUT2D eigenvalue weighted by Gasteiger charge is 2.13. The maximum atomic E-state index is 11.9. The molecule has 3 rings (SSSR count). The van der Waals surface area contributed by atoms with Gasteiger partial charge in [0, 0.05) is 0 Å². The quantitative estimate of drug-likeness (QED) is 0.754. The highest BCUT2D eigenvalue weighted by molar-refractivity contribution is 5.78. The molecule has 0 aliphatic heterocycles. The lowest BCUT2D eigenvalue weighted by Gasteiger charge is -2.03. The summed E-state index contributed by atoms with van der Waals surface area (Å²) in [6.45, 7) is 0.188. The molecule has 0 radical (unpaired) electrons. The van der Waals surface area contributed by atoms with Crippen molar-refractivity contribution in [3.63, 3.8) is 0 Å². The molecule has 3 aromatic rings. The van der Waals surface area contributed by atoms with E-state index in [1.54, 1.807) is 7.11 Å². The van der Waals surface area contributed by atoms with Gasteiger partial charge in [0.1, 0.15) is 5.75 Å². The third-order valence-electron chi connectivity index (χ3n) is 3.46. The Morgan fingerprint density at radius 1 is 1.12 bits per heavy atom. The number of aromatic nitrogens is 2. The Labute approximate surface area is 139 Å². The fraction of sp³-hybridized carbons (Fsp3) is 0.167. The second kappa shape index (κ2) is 7.41. The number of carbonyl (C=O) groups excluding carboxylic acids is 1. The van der Waals surface area contributed by atoms with Crippen LogP contribution in [-0.4, -0.2) is 23.2 Å². The van der Waals surface area contributed by atoms with Gasteiger partial charge in [-0.25, -0.2) is 0 Å². The first-order chi connectivity index (χ1) is 11.8. The van der Waals surface area contributed by atoms with E-state index in [2.05, 4.69) is 15.5 Å². The molecule has 2 aromatic carbocycles. The Hall–Kier alpha value is -3.15. The van der Waals surface area contributed by atoms with Crippen LogP contribution in [0.2, 0.25) is 0 Å². The second-order valence-electron chi connectivity index (χ2n) is 5.15. The van der Waals surface area contributed by atoms with E-state index in [-0.39, 0.29) is 12.5 Å². The number of rotatable bonds is 6. The van der Waals surface area contributed by atoms with Gasteiger partial charge in [0.2, 0.25) is 17.6 Å². The molecule has 1 N–H and O–H groups in total. The molecule has 1 heterocycles. The summed E-state index contributed by atoms with van der Waals surface area (Å²) in [5, 5.41) is 6.71. The summed E-state index contributed by atoms with van der Waals surface area (Å²) in [7, 11) is 1.59. The topological polar surface area (TPSA) is 77.3 Å². The minimum absolute atomic E-state index is 0.0989. The monoisotopic (exact) mass is 323 g/mol. The van der Waals surface area contributed by atoms with Crippen LogP contribution < -0.4 is 10.1 Å². The van der Waals surface area contributed by atoms with E-state index in [0.717, 1.165) is 11.1 Å². The largest absolute Gasteiger partial charge is 0.496 e. The van der Waals surface area contributed by atoms with Crippen LogP contribution in [0.25, 0.3) is 11.4 Å². The van der Waals surface area contributed by atoms with Crippen LogP contribution in [0.4, 0.5) is 0 Å². The number of benzene rings is 2. The second-order valence-corrected chi connectivity index (χ2v) is 5.15. The third-order valence-corrected chi connectivity index (χ3v) is 3.46. The minimum atomic E-state index is -0.0989. The van der Waals surface area contributed by atoms with Crippen LogP contribution in [0, 0.1) is 0 Å². The Kier molecular flexibility index (Phi) is 4.86. The number of nitrogens with zero attached hydrogens (tertiary/aromatic N) is 2. The molecule has 0 aliphatic carbocycles. The molecule has 6 heteroatoms. The maximum Gasteiger partial charge on any atom is 0.246 e. The van der Waals surface area contributed by atoms with Gasteiger partial charge < -0.3 is 14.6 Å². The first-order valence-corrected chi connectivity index (χ1v) is 7.53. The Morgan fingerprint density at radius 2 is 1.88 bits per heavy atom. The molecule has 0 fully saturated rings. The number of carbonyl (C=O) groups is 1. The van der Waals surface area contributed by atoms with Crippen LogP contribution in [0.5, 0.6) is 5.75 Å². The van der Waals surface area contributed by atoms with Gasteiger partial charge in [0.05, 0.1) is 25.6 Å². The number of hydrogen-bond acceptors (Lipinski definition) is 5. The fourth-order valence-electron chi connectivity index (χ4n) is 2.28. The molecule has 6 nitrogen and oxygen atoms in total. The highest BCUT2D eigenvalue weighted by Crippen LogP contribution is 2.26. The molecule has 1 amide bonds. The average Bonchev–Trinajstić information content (AvgIpc) is 3.09. The molecule has 0 atom stereocenters. The summed E-state index contributed by atoms with van der Waals surface area (Å²) < 4.78 is 10.5. The van der Waals surface area contributed by atoms with Gasteiger partial charge in [0.25, 0.3) is 0 Å². The van der Waals surface area contributed by atoms with Crippen LogP contribution >= 0.6 is 0 Å². The number of nitrogens with one attached hydrogen (secondary N) is 1. The predicted octanol–water partition coefficient (Wildman–Crippen LogP) is 2.60. The smallest absolute Gasteiger partial charge is 0.246 e. The molecule has 0 spiro atoms. The van der Waals surface area contributed by atoms with Gasteiger partial charge >= 0.3 is 0 Å². The molecular weight excluding hydrogens is 306 g/mol. The van der Waals surface area contributed by atoms with E-state index in [0.29, 0.717) is 23.9 Å². The van der Waals surface area contributed by atoms with Gasteiger partial charge in [-0.2, -0.15) is 4.98 Å². The van der Waals surface area contributed by atoms with E-state index in [9.17, 15) is 4.79 Å². The van der Waals surface area contributed by atoms with Gasteiger partial charge in [0.15, 0.2) is 0 Å². The zero-order valence-electron chi connectivity index (χ0n) is 13.2. The minimum Gasteiger partial charge on any atom is -0.496 e. The average molecular weight is 323 g/mol. The number of amides is 1. The molecule has 0 unspecified atom stereocenters. The molecule has 0 aliphatic rings. The number of para-hydroxylation sites is 1. The zero-order valence-corrected chi connectivity index (χ0v) is 13.2. The van der Waals surface area contributed by atoms with Crippen molar-refractivity contribution in [3.05, 3.63) is 66.1 Å². The molecule has 122 valence electrons. The van der Waals surface area contributed by atoms with Crippen LogP contribution in [0.15, 0.2) is 59.1 Å². The van der Waals surface area contributed by atoms with E-state index >= 15 is 0 Å². The molecule has 0 saturated carbocycles. The first-order valence-electron chi connectivity index (χ1n) is 7.53. The molecule has 0 saturated heterocycles. The van der Waals surface area contributed by atoms with E-state index in [1.807, 2.05) is 54.6 Å². The van der Waals surface area contributed by atoms with Crippen LogP contribution in [0.1, 0.15) is 11.5 Å². The van der Waals surface area contributed by atoms with Crippen LogP contribution in [-0.2, 0) is 17.8 Å². The molecule has 24 heavy (non-hydrogen) atoms. The Bertz CT molecular complexity index is 815. The molecular formula is C18H17N3O3. The van der Waals surface area contributed by atoms with Crippen molar-refractivity contribution in [3.8, 4) is 17.1 Å². The summed E-state index contributed by atoms with van der Waals surface area (Å²) in [6.07, 6.45) is 0.314. The Balaban J connectivity index is 1.61. The SMILES string of the molecule is COc1ccccc1-c1noc(CNC(=O)Cc2ccccc2)n1. The summed E-state index contributed by atoms with van der Waals surface area (Å²) in [4.78, 5) is 16.2. The fourth-order valence-corrected chi connectivity index (χ4v) is 2.28. The van der Waals surface area contributed by atoms with E-state index in [1.165, 1.54) is 0 Å². The van der Waals surface area contributed by atoms with Crippen molar-refractivity contribution in [2.24, 2.45) is 0 Å². The van der Waals surface area contributed by atoms with Crippen LogP contribution in [0.3, 0.4) is 0 Å². The molecule has 1 aromatic heterocycles. The zero-order chi connectivity index (χ0) is 16.8. The summed E-state index contributed by atoms with van der Waals surface area (Å²) >= 11 is 0. The van der Waals surface area contributed by atoms with Crippen molar-refractivity contribution >= 4 is 5.91 Å². The van der Waals surface area contributed by atoms with Crippen molar-refractivity contribution < 1.29 is 14.1 Å². The Morgan fingerprint density at radius 3 is 2.67 bits per heavy atom. The molecule has 0 bridgehead atoms.